The van der Waals surface area contributed by atoms with Crippen LogP contribution >= 0.6 is 0 Å². The van der Waals surface area contributed by atoms with E-state index in [-0.39, 0.29) is 5.91 Å². The Hall–Kier alpha value is -3.08. The summed E-state index contributed by atoms with van der Waals surface area (Å²) in [5, 5.41) is 0. The lowest BCUT2D eigenvalue weighted by Gasteiger charge is -2.14. The Labute approximate surface area is 145 Å². The second kappa shape index (κ2) is 5.77. The molecule has 0 atom stereocenters. The molecular weight excluding hydrogens is 317 g/mol. The Morgan fingerprint density at radius 1 is 1.00 bits per heavy atom. The van der Waals surface area contributed by atoms with Crippen LogP contribution in [0.25, 0.3) is 22.3 Å². The molecule has 0 fully saturated rings. The molecule has 4 rings (SSSR count). The van der Waals surface area contributed by atoms with E-state index in [4.69, 9.17) is 0 Å². The van der Waals surface area contributed by atoms with Crippen molar-refractivity contribution in [2.45, 2.75) is 13.5 Å². The first-order chi connectivity index (χ1) is 12.0. The fraction of sp³-hybridized carbons (Fsp3) is 0.150. The molecule has 3 aromatic rings. The first kappa shape index (κ1) is 15.4. The van der Waals surface area contributed by atoms with Gasteiger partial charge in [0.2, 0.25) is 5.95 Å². The third-order valence-electron chi connectivity index (χ3n) is 4.44. The predicted octanol–water partition coefficient (Wildman–Crippen LogP) is 3.84. The summed E-state index contributed by atoms with van der Waals surface area (Å²) in [5.41, 5.74) is 6.08. The minimum absolute atomic E-state index is 0.0869. The number of aromatic nitrogens is 2. The fourth-order valence-corrected chi connectivity index (χ4v) is 3.14. The topological polar surface area (TPSA) is 46.1 Å². The number of carbonyl (C=O) groups excluding carboxylic acids is 1. The number of hydrogen-bond acceptors (Lipinski definition) is 3. The number of hydrogen-bond donors (Lipinski definition) is 0. The molecule has 1 amide bonds. The average molecular weight is 333 g/mol. The highest BCUT2D eigenvalue weighted by molar-refractivity contribution is 6.01. The van der Waals surface area contributed by atoms with Crippen molar-refractivity contribution >= 4 is 5.91 Å². The lowest BCUT2D eigenvalue weighted by molar-refractivity contribution is 0.0783. The van der Waals surface area contributed by atoms with Gasteiger partial charge in [0.1, 0.15) is 5.69 Å². The van der Waals surface area contributed by atoms with Gasteiger partial charge in [-0.15, -0.1) is 0 Å². The van der Waals surface area contributed by atoms with Crippen LogP contribution in [-0.4, -0.2) is 27.8 Å². The van der Waals surface area contributed by atoms with Crippen LogP contribution in [0.3, 0.4) is 0 Å². The summed E-state index contributed by atoms with van der Waals surface area (Å²) >= 11 is 0. The summed E-state index contributed by atoms with van der Waals surface area (Å²) in [5.74, 6) is -0.591. The van der Waals surface area contributed by atoms with Gasteiger partial charge in [-0.05, 0) is 53.4 Å². The van der Waals surface area contributed by atoms with Crippen LogP contribution in [0.4, 0.5) is 4.39 Å². The van der Waals surface area contributed by atoms with Crippen LogP contribution in [0.2, 0.25) is 0 Å². The van der Waals surface area contributed by atoms with E-state index in [2.05, 4.69) is 9.97 Å². The van der Waals surface area contributed by atoms with E-state index in [1.165, 1.54) is 12.3 Å². The van der Waals surface area contributed by atoms with Crippen molar-refractivity contribution < 1.29 is 9.18 Å². The van der Waals surface area contributed by atoms with Gasteiger partial charge in [0.25, 0.3) is 5.91 Å². The maximum atomic E-state index is 13.1. The fourth-order valence-electron chi connectivity index (χ4n) is 3.14. The number of halogens is 1. The van der Waals surface area contributed by atoms with E-state index in [1.807, 2.05) is 31.2 Å². The number of rotatable bonds is 1. The molecule has 0 radical (unpaired) electrons. The zero-order valence-electron chi connectivity index (χ0n) is 14.0. The van der Waals surface area contributed by atoms with Gasteiger partial charge in [-0.2, -0.15) is 4.39 Å². The Bertz CT molecular complexity index is 983. The van der Waals surface area contributed by atoms with Crippen LogP contribution < -0.4 is 0 Å². The third-order valence-corrected chi connectivity index (χ3v) is 4.44. The van der Waals surface area contributed by atoms with Crippen molar-refractivity contribution in [3.05, 3.63) is 71.6 Å². The average Bonchev–Trinajstić information content (AvgIpc) is 2.71. The quantitative estimate of drug-likeness (QED) is 0.636. The highest BCUT2D eigenvalue weighted by Gasteiger charge is 2.25. The number of nitrogens with zero attached hydrogens (tertiary/aromatic N) is 3. The minimum Gasteiger partial charge on any atom is -0.336 e. The summed E-state index contributed by atoms with van der Waals surface area (Å²) in [6, 6.07) is 11.0. The van der Waals surface area contributed by atoms with E-state index in [1.54, 1.807) is 24.2 Å². The number of aryl methyl sites for hydroxylation is 1. The molecule has 0 saturated heterocycles. The van der Waals surface area contributed by atoms with Crippen LogP contribution in [-0.2, 0) is 6.54 Å². The minimum atomic E-state index is -0.504. The molecule has 124 valence electrons. The molecule has 5 heteroatoms. The maximum Gasteiger partial charge on any atom is 0.273 e. The molecule has 0 bridgehead atoms. The zero-order chi connectivity index (χ0) is 17.6. The van der Waals surface area contributed by atoms with Crippen LogP contribution in [0.1, 0.15) is 21.6 Å². The predicted molar refractivity (Wildman–Crippen MR) is 93.4 cm³/mol. The Morgan fingerprint density at radius 3 is 2.56 bits per heavy atom. The molecule has 4 nitrogen and oxygen atoms in total. The van der Waals surface area contributed by atoms with E-state index >= 15 is 0 Å². The molecule has 25 heavy (non-hydrogen) atoms. The van der Waals surface area contributed by atoms with Crippen LogP contribution in [0.5, 0.6) is 0 Å². The van der Waals surface area contributed by atoms with Gasteiger partial charge < -0.3 is 4.90 Å². The molecular formula is C20H16FN3O. The standard InChI is InChI=1S/C20H16FN3O/c1-12-7-17-16-8-13(14-5-6-18(21)22-10-14)3-4-15(16)11-24(2)20(25)19(17)23-9-12/h3-10H,11H2,1-2H3. The Balaban J connectivity index is 1.94. The van der Waals surface area contributed by atoms with Crippen molar-refractivity contribution in [3.8, 4) is 22.3 Å². The molecule has 3 heterocycles. The highest BCUT2D eigenvalue weighted by atomic mass is 19.1. The van der Waals surface area contributed by atoms with Gasteiger partial charge >= 0.3 is 0 Å². The third kappa shape index (κ3) is 2.67. The van der Waals surface area contributed by atoms with Gasteiger partial charge in [0, 0.05) is 37.1 Å². The maximum absolute atomic E-state index is 13.1. The summed E-state index contributed by atoms with van der Waals surface area (Å²) in [6.07, 6.45) is 3.23. The molecule has 0 aliphatic carbocycles. The van der Waals surface area contributed by atoms with E-state index in [0.717, 1.165) is 33.4 Å². The number of benzene rings is 1. The van der Waals surface area contributed by atoms with Crippen molar-refractivity contribution in [2.75, 3.05) is 7.05 Å². The van der Waals surface area contributed by atoms with Crippen LogP contribution in [0, 0.1) is 12.9 Å². The van der Waals surface area contributed by atoms with E-state index < -0.39 is 5.95 Å². The first-order valence-corrected chi connectivity index (χ1v) is 8.00. The van der Waals surface area contributed by atoms with Crippen molar-refractivity contribution in [3.63, 3.8) is 0 Å². The largest absolute Gasteiger partial charge is 0.336 e. The molecule has 1 aliphatic rings. The van der Waals surface area contributed by atoms with Crippen LogP contribution in [0.15, 0.2) is 48.8 Å². The molecule has 2 aromatic heterocycles. The van der Waals surface area contributed by atoms with Gasteiger partial charge in [-0.1, -0.05) is 12.1 Å². The number of amides is 1. The smallest absolute Gasteiger partial charge is 0.273 e. The molecule has 1 aromatic carbocycles. The van der Waals surface area contributed by atoms with E-state index in [9.17, 15) is 9.18 Å². The van der Waals surface area contributed by atoms with Gasteiger partial charge in [-0.25, -0.2) is 4.98 Å². The summed E-state index contributed by atoms with van der Waals surface area (Å²) in [7, 11) is 1.78. The first-order valence-electron chi connectivity index (χ1n) is 8.00. The van der Waals surface area contributed by atoms with E-state index in [0.29, 0.717) is 12.2 Å². The lowest BCUT2D eigenvalue weighted by atomic mass is 9.94. The van der Waals surface area contributed by atoms with Crippen molar-refractivity contribution in [1.29, 1.82) is 0 Å². The Kier molecular flexibility index (Phi) is 3.57. The summed E-state index contributed by atoms with van der Waals surface area (Å²) < 4.78 is 13.1. The number of fused-ring (bicyclic) bond motifs is 3. The lowest BCUT2D eigenvalue weighted by Crippen LogP contribution is -2.25. The van der Waals surface area contributed by atoms with Crippen molar-refractivity contribution in [2.24, 2.45) is 0 Å². The Morgan fingerprint density at radius 2 is 1.80 bits per heavy atom. The second-order valence-corrected chi connectivity index (χ2v) is 6.31. The second-order valence-electron chi connectivity index (χ2n) is 6.31. The SMILES string of the molecule is Cc1cnc2c(c1)-c1cc(-c3ccc(F)nc3)ccc1CN(C)C2=O. The summed E-state index contributed by atoms with van der Waals surface area (Å²) in [4.78, 5) is 22.4. The molecule has 1 aliphatic heterocycles. The van der Waals surface area contributed by atoms with Gasteiger partial charge in [-0.3, -0.25) is 9.78 Å². The molecule has 0 saturated carbocycles. The molecule has 0 unspecified atom stereocenters. The summed E-state index contributed by atoms with van der Waals surface area (Å²) in [6.45, 7) is 2.48. The van der Waals surface area contributed by atoms with Gasteiger partial charge in [0.15, 0.2) is 0 Å². The molecule has 0 N–H and O–H groups in total. The monoisotopic (exact) mass is 333 g/mol. The number of pyridine rings is 2. The van der Waals surface area contributed by atoms with Gasteiger partial charge in [0.05, 0.1) is 0 Å². The molecule has 0 spiro atoms. The normalized spacial score (nSPS) is 13.2. The number of carbonyl (C=O) groups is 1. The zero-order valence-corrected chi connectivity index (χ0v) is 14.0. The van der Waals surface area contributed by atoms with Crippen molar-refractivity contribution in [1.82, 2.24) is 14.9 Å². The highest BCUT2D eigenvalue weighted by Crippen LogP contribution is 2.34.